The first-order valence-corrected chi connectivity index (χ1v) is 6.71. The molecule has 0 saturated heterocycles. The Morgan fingerprint density at radius 3 is 2.79 bits per heavy atom. The zero-order valence-electron chi connectivity index (χ0n) is 11.3. The molecule has 0 aliphatic rings. The van der Waals surface area contributed by atoms with Crippen LogP contribution in [0, 0.1) is 0 Å². The number of hydrogen-bond donors (Lipinski definition) is 1. The lowest BCUT2D eigenvalue weighted by atomic mass is 10.0. The molecule has 0 saturated carbocycles. The van der Waals surface area contributed by atoms with Crippen LogP contribution >= 0.6 is 11.6 Å². The van der Waals surface area contributed by atoms with Crippen LogP contribution < -0.4 is 10.6 Å². The third kappa shape index (κ3) is 3.75. The summed E-state index contributed by atoms with van der Waals surface area (Å²) in [6.07, 6.45) is 2.49. The maximum atomic E-state index is 6.07. The summed E-state index contributed by atoms with van der Waals surface area (Å²) in [4.78, 5) is 2.15. The molecule has 0 spiro atoms. The fourth-order valence-electron chi connectivity index (χ4n) is 2.16. The lowest BCUT2D eigenvalue weighted by molar-refractivity contribution is 0.507. The second-order valence-corrected chi connectivity index (χ2v) is 5.33. The van der Waals surface area contributed by atoms with Crippen LogP contribution in [0.1, 0.15) is 18.2 Å². The third-order valence-electron chi connectivity index (χ3n) is 2.97. The number of rotatable bonds is 5. The highest BCUT2D eigenvalue weighted by Crippen LogP contribution is 2.26. The van der Waals surface area contributed by atoms with Crippen molar-refractivity contribution in [2.45, 2.75) is 25.9 Å². The summed E-state index contributed by atoms with van der Waals surface area (Å²) in [5.74, 6) is 0.934. The van der Waals surface area contributed by atoms with E-state index < -0.39 is 0 Å². The Kier molecular flexibility index (Phi) is 4.51. The molecule has 102 valence electrons. The number of anilines is 1. The van der Waals surface area contributed by atoms with E-state index in [1.54, 1.807) is 6.26 Å². The van der Waals surface area contributed by atoms with E-state index in [1.807, 2.05) is 44.3 Å². The smallest absolute Gasteiger partial charge is 0.123 e. The van der Waals surface area contributed by atoms with Gasteiger partial charge in [-0.05, 0) is 49.2 Å². The number of hydrogen-bond acceptors (Lipinski definition) is 3. The lowest BCUT2D eigenvalue weighted by Crippen LogP contribution is -2.22. The molecule has 1 atom stereocenters. The molecular weight excluding hydrogens is 260 g/mol. The van der Waals surface area contributed by atoms with Crippen molar-refractivity contribution in [2.75, 3.05) is 11.9 Å². The van der Waals surface area contributed by atoms with Gasteiger partial charge < -0.3 is 15.1 Å². The van der Waals surface area contributed by atoms with Crippen LogP contribution in [0.4, 0.5) is 5.69 Å². The van der Waals surface area contributed by atoms with E-state index in [1.165, 1.54) is 0 Å². The average molecular weight is 279 g/mol. The quantitative estimate of drug-likeness (QED) is 0.911. The van der Waals surface area contributed by atoms with Gasteiger partial charge in [-0.15, -0.1) is 0 Å². The molecular formula is C15H19ClN2O. The van der Waals surface area contributed by atoms with Crippen molar-refractivity contribution < 1.29 is 4.42 Å². The molecule has 1 unspecified atom stereocenters. The Hall–Kier alpha value is -1.45. The molecule has 4 heteroatoms. The van der Waals surface area contributed by atoms with Crippen molar-refractivity contribution in [1.82, 2.24) is 0 Å². The third-order valence-corrected chi connectivity index (χ3v) is 3.20. The van der Waals surface area contributed by atoms with E-state index in [-0.39, 0.29) is 6.04 Å². The van der Waals surface area contributed by atoms with Gasteiger partial charge in [0.25, 0.3) is 0 Å². The summed E-state index contributed by atoms with van der Waals surface area (Å²) in [6, 6.07) is 9.89. The maximum Gasteiger partial charge on any atom is 0.123 e. The molecule has 0 radical (unpaired) electrons. The predicted octanol–water partition coefficient (Wildman–Crippen LogP) is 3.46. The van der Waals surface area contributed by atoms with E-state index in [4.69, 9.17) is 21.8 Å². The van der Waals surface area contributed by atoms with E-state index in [9.17, 15) is 0 Å². The van der Waals surface area contributed by atoms with Gasteiger partial charge in [-0.2, -0.15) is 0 Å². The normalized spacial score (nSPS) is 12.4. The van der Waals surface area contributed by atoms with E-state index in [0.717, 1.165) is 35.0 Å². The summed E-state index contributed by atoms with van der Waals surface area (Å²) in [6.45, 7) is 2.72. The molecule has 1 aromatic carbocycles. The summed E-state index contributed by atoms with van der Waals surface area (Å²) >= 11 is 6.07. The molecule has 1 aromatic heterocycles. The first-order chi connectivity index (χ1) is 9.06. The van der Waals surface area contributed by atoms with Crippen LogP contribution in [-0.4, -0.2) is 13.1 Å². The van der Waals surface area contributed by atoms with Crippen LogP contribution in [0.2, 0.25) is 5.02 Å². The molecule has 0 fully saturated rings. The number of nitrogens with two attached hydrogens (primary N) is 1. The molecule has 0 amide bonds. The van der Waals surface area contributed by atoms with Crippen molar-refractivity contribution in [1.29, 1.82) is 0 Å². The first kappa shape index (κ1) is 14.0. The van der Waals surface area contributed by atoms with Crippen LogP contribution in [0.5, 0.6) is 0 Å². The van der Waals surface area contributed by atoms with Gasteiger partial charge >= 0.3 is 0 Å². The number of nitrogens with zero attached hydrogens (tertiary/aromatic N) is 1. The topological polar surface area (TPSA) is 42.4 Å². The summed E-state index contributed by atoms with van der Waals surface area (Å²) < 4.78 is 5.38. The van der Waals surface area contributed by atoms with Crippen LogP contribution in [0.15, 0.2) is 41.0 Å². The molecule has 0 aliphatic heterocycles. The van der Waals surface area contributed by atoms with Crippen molar-refractivity contribution in [2.24, 2.45) is 5.73 Å². The van der Waals surface area contributed by atoms with Crippen molar-refractivity contribution >= 4 is 17.3 Å². The van der Waals surface area contributed by atoms with Crippen LogP contribution in [0.3, 0.4) is 0 Å². The second-order valence-electron chi connectivity index (χ2n) is 4.89. The SMILES string of the molecule is CC(N)Cc1cc(Cl)ccc1N(C)Cc1ccco1. The Balaban J connectivity index is 2.22. The molecule has 2 aromatic rings. The van der Waals surface area contributed by atoms with Gasteiger partial charge in [0.1, 0.15) is 5.76 Å². The second kappa shape index (κ2) is 6.13. The van der Waals surface area contributed by atoms with Gasteiger partial charge in [0.15, 0.2) is 0 Å². The summed E-state index contributed by atoms with van der Waals surface area (Å²) in [5.41, 5.74) is 8.20. The summed E-state index contributed by atoms with van der Waals surface area (Å²) in [7, 11) is 2.04. The average Bonchev–Trinajstić information content (AvgIpc) is 2.80. The minimum absolute atomic E-state index is 0.106. The van der Waals surface area contributed by atoms with Gasteiger partial charge in [-0.3, -0.25) is 0 Å². The minimum Gasteiger partial charge on any atom is -0.467 e. The van der Waals surface area contributed by atoms with E-state index in [2.05, 4.69) is 4.90 Å². The zero-order valence-corrected chi connectivity index (χ0v) is 12.0. The molecule has 2 N–H and O–H groups in total. The first-order valence-electron chi connectivity index (χ1n) is 6.34. The number of benzene rings is 1. The zero-order chi connectivity index (χ0) is 13.8. The number of halogens is 1. The monoisotopic (exact) mass is 278 g/mol. The lowest BCUT2D eigenvalue weighted by Gasteiger charge is -2.22. The van der Waals surface area contributed by atoms with Gasteiger partial charge in [-0.25, -0.2) is 0 Å². The van der Waals surface area contributed by atoms with Crippen LogP contribution in [-0.2, 0) is 13.0 Å². The van der Waals surface area contributed by atoms with E-state index in [0.29, 0.717) is 0 Å². The van der Waals surface area contributed by atoms with Gasteiger partial charge in [0, 0.05) is 23.8 Å². The Morgan fingerprint density at radius 1 is 1.37 bits per heavy atom. The van der Waals surface area contributed by atoms with Gasteiger partial charge in [0.05, 0.1) is 12.8 Å². The van der Waals surface area contributed by atoms with E-state index >= 15 is 0 Å². The Labute approximate surface area is 119 Å². The number of furan rings is 1. The highest BCUT2D eigenvalue weighted by Gasteiger charge is 2.11. The highest BCUT2D eigenvalue weighted by molar-refractivity contribution is 6.30. The molecule has 0 bridgehead atoms. The Bertz CT molecular complexity index is 523. The molecule has 19 heavy (non-hydrogen) atoms. The fraction of sp³-hybridized carbons (Fsp3) is 0.333. The maximum absolute atomic E-state index is 6.07. The van der Waals surface area contributed by atoms with Gasteiger partial charge in [-0.1, -0.05) is 11.6 Å². The highest BCUT2D eigenvalue weighted by atomic mass is 35.5. The Morgan fingerprint density at radius 2 is 2.16 bits per heavy atom. The van der Waals surface area contributed by atoms with Gasteiger partial charge in [0.2, 0.25) is 0 Å². The fourth-order valence-corrected chi connectivity index (χ4v) is 2.35. The largest absolute Gasteiger partial charge is 0.467 e. The van der Waals surface area contributed by atoms with Crippen LogP contribution in [0.25, 0.3) is 0 Å². The van der Waals surface area contributed by atoms with Crippen molar-refractivity contribution in [3.63, 3.8) is 0 Å². The predicted molar refractivity (Wildman–Crippen MR) is 79.6 cm³/mol. The molecule has 1 heterocycles. The van der Waals surface area contributed by atoms with Crippen molar-refractivity contribution in [3.8, 4) is 0 Å². The standard InChI is InChI=1S/C15H19ClN2O/c1-11(17)8-12-9-13(16)5-6-15(12)18(2)10-14-4-3-7-19-14/h3-7,9,11H,8,10,17H2,1-2H3. The molecule has 2 rings (SSSR count). The molecule has 0 aliphatic carbocycles. The van der Waals surface area contributed by atoms with Crippen molar-refractivity contribution in [3.05, 3.63) is 52.9 Å². The summed E-state index contributed by atoms with van der Waals surface area (Å²) in [5, 5.41) is 0.741. The molecule has 3 nitrogen and oxygen atoms in total. The minimum atomic E-state index is 0.106.